The van der Waals surface area contributed by atoms with Gasteiger partial charge >= 0.3 is 5.97 Å². The van der Waals surface area contributed by atoms with Crippen LogP contribution in [0.1, 0.15) is 28.4 Å². The maximum Gasteiger partial charge on any atom is 0.336 e. The lowest BCUT2D eigenvalue weighted by molar-refractivity contribution is -0.121. The third-order valence-corrected chi connectivity index (χ3v) is 2.28. The third kappa shape index (κ3) is 3.27. The molecule has 92 valence electrons. The summed E-state index contributed by atoms with van der Waals surface area (Å²) < 4.78 is 0. The predicted molar refractivity (Wildman–Crippen MR) is 58.2 cm³/mol. The Morgan fingerprint density at radius 1 is 1.24 bits per heavy atom. The van der Waals surface area contributed by atoms with Gasteiger partial charge in [-0.15, -0.1) is 0 Å². The number of aliphatic hydroxyl groups is 2. The lowest BCUT2D eigenvalue weighted by Crippen LogP contribution is -2.26. The van der Waals surface area contributed by atoms with Gasteiger partial charge in [0.1, 0.15) is 6.10 Å². The van der Waals surface area contributed by atoms with Gasteiger partial charge in [0.05, 0.1) is 18.1 Å². The number of nitrogens with two attached hydrogens (primary N) is 1. The zero-order chi connectivity index (χ0) is 13.0. The number of primary amides is 1. The summed E-state index contributed by atoms with van der Waals surface area (Å²) in [6.45, 7) is 0. The van der Waals surface area contributed by atoms with Crippen LogP contribution >= 0.6 is 0 Å². The molecule has 0 saturated carbocycles. The number of rotatable bonds is 5. The first kappa shape index (κ1) is 13.1. The molecule has 0 aliphatic heterocycles. The number of carboxylic acids is 1. The molecular weight excluding hydrogens is 226 g/mol. The van der Waals surface area contributed by atoms with Gasteiger partial charge in [0.2, 0.25) is 5.91 Å². The van der Waals surface area contributed by atoms with Crippen LogP contribution in [0.4, 0.5) is 0 Å². The normalized spacial score (nSPS) is 14.0. The first-order valence-electron chi connectivity index (χ1n) is 4.90. The van der Waals surface area contributed by atoms with Crippen LogP contribution in [0.5, 0.6) is 0 Å². The van der Waals surface area contributed by atoms with Crippen LogP contribution in [0.15, 0.2) is 24.3 Å². The van der Waals surface area contributed by atoms with E-state index >= 15 is 0 Å². The van der Waals surface area contributed by atoms with Crippen LogP contribution in [0, 0.1) is 0 Å². The Morgan fingerprint density at radius 2 is 1.82 bits per heavy atom. The van der Waals surface area contributed by atoms with E-state index in [1.807, 2.05) is 0 Å². The molecule has 0 fully saturated rings. The number of amides is 1. The van der Waals surface area contributed by atoms with Gasteiger partial charge in [-0.1, -0.05) is 18.2 Å². The van der Waals surface area contributed by atoms with E-state index < -0.39 is 30.5 Å². The smallest absolute Gasteiger partial charge is 0.336 e. The number of carbonyl (C=O) groups excluding carboxylic acids is 1. The van der Waals surface area contributed by atoms with E-state index in [0.717, 1.165) is 0 Å². The summed E-state index contributed by atoms with van der Waals surface area (Å²) in [6.07, 6.45) is -3.32. The van der Waals surface area contributed by atoms with E-state index in [0.29, 0.717) is 0 Å². The van der Waals surface area contributed by atoms with E-state index in [9.17, 15) is 19.8 Å². The molecule has 0 saturated heterocycles. The monoisotopic (exact) mass is 239 g/mol. The van der Waals surface area contributed by atoms with Crippen molar-refractivity contribution in [3.8, 4) is 0 Å². The van der Waals surface area contributed by atoms with Gasteiger partial charge in [0.15, 0.2) is 0 Å². The average Bonchev–Trinajstić information content (AvgIpc) is 2.27. The molecule has 0 heterocycles. The standard InChI is InChI=1S/C11H13NO5/c12-9(14)5-8(13)10(15)6-3-1-2-4-7(6)11(16)17/h1-4,8,10,13,15H,5H2,(H2,12,14)(H,16,17). The molecule has 1 rings (SSSR count). The summed E-state index contributed by atoms with van der Waals surface area (Å²) in [7, 11) is 0. The number of hydrogen-bond donors (Lipinski definition) is 4. The Labute approximate surface area is 97.3 Å². The second kappa shape index (κ2) is 5.42. The first-order chi connectivity index (χ1) is 7.93. The van der Waals surface area contributed by atoms with Gasteiger partial charge in [0.25, 0.3) is 0 Å². The van der Waals surface area contributed by atoms with Crippen molar-refractivity contribution in [2.45, 2.75) is 18.6 Å². The van der Waals surface area contributed by atoms with Gasteiger partial charge in [0, 0.05) is 0 Å². The molecule has 17 heavy (non-hydrogen) atoms. The van der Waals surface area contributed by atoms with Crippen molar-refractivity contribution in [2.24, 2.45) is 5.73 Å². The van der Waals surface area contributed by atoms with Crippen molar-refractivity contribution in [3.05, 3.63) is 35.4 Å². The third-order valence-electron chi connectivity index (χ3n) is 2.28. The quantitative estimate of drug-likeness (QED) is 0.559. The number of aromatic carboxylic acids is 1. The Morgan fingerprint density at radius 3 is 2.35 bits per heavy atom. The summed E-state index contributed by atoms with van der Waals surface area (Å²) in [5.41, 5.74) is 4.81. The highest BCUT2D eigenvalue weighted by Crippen LogP contribution is 2.22. The fourth-order valence-corrected chi connectivity index (χ4v) is 1.47. The second-order valence-corrected chi connectivity index (χ2v) is 3.58. The Kier molecular flexibility index (Phi) is 4.19. The highest BCUT2D eigenvalue weighted by molar-refractivity contribution is 5.89. The number of hydrogen-bond acceptors (Lipinski definition) is 4. The molecule has 0 spiro atoms. The highest BCUT2D eigenvalue weighted by Gasteiger charge is 2.24. The number of aliphatic hydroxyl groups excluding tert-OH is 2. The molecule has 0 aliphatic carbocycles. The molecule has 6 nitrogen and oxygen atoms in total. The summed E-state index contributed by atoms with van der Waals surface area (Å²) in [6, 6.07) is 5.71. The summed E-state index contributed by atoms with van der Waals surface area (Å²) in [5, 5.41) is 28.1. The molecule has 0 aromatic heterocycles. The van der Waals surface area contributed by atoms with Crippen LogP contribution in [0.3, 0.4) is 0 Å². The first-order valence-corrected chi connectivity index (χ1v) is 4.90. The summed E-state index contributed by atoms with van der Waals surface area (Å²) in [5.74, 6) is -1.99. The molecule has 2 unspecified atom stereocenters. The Bertz CT molecular complexity index is 432. The van der Waals surface area contributed by atoms with Crippen molar-refractivity contribution in [2.75, 3.05) is 0 Å². The maximum atomic E-state index is 10.9. The number of carboxylic acid groups (broad SMARTS) is 1. The molecule has 0 aliphatic rings. The lowest BCUT2D eigenvalue weighted by Gasteiger charge is -2.18. The van der Waals surface area contributed by atoms with Crippen molar-refractivity contribution >= 4 is 11.9 Å². The molecule has 0 bridgehead atoms. The van der Waals surface area contributed by atoms with Crippen molar-refractivity contribution in [1.82, 2.24) is 0 Å². The molecular formula is C11H13NO5. The van der Waals surface area contributed by atoms with E-state index in [1.54, 1.807) is 0 Å². The van der Waals surface area contributed by atoms with Gasteiger partial charge in [-0.2, -0.15) is 0 Å². The van der Waals surface area contributed by atoms with Crippen LogP contribution in [-0.2, 0) is 4.79 Å². The fraction of sp³-hybridized carbons (Fsp3) is 0.273. The molecule has 5 N–H and O–H groups in total. The Hall–Kier alpha value is -1.92. The molecule has 2 atom stereocenters. The molecule has 1 aromatic carbocycles. The van der Waals surface area contributed by atoms with Crippen LogP contribution in [0.25, 0.3) is 0 Å². The second-order valence-electron chi connectivity index (χ2n) is 3.58. The largest absolute Gasteiger partial charge is 0.478 e. The minimum Gasteiger partial charge on any atom is -0.478 e. The number of benzene rings is 1. The van der Waals surface area contributed by atoms with Crippen LogP contribution in [0.2, 0.25) is 0 Å². The minimum atomic E-state index is -1.46. The van der Waals surface area contributed by atoms with Gasteiger partial charge in [-0.05, 0) is 11.6 Å². The average molecular weight is 239 g/mol. The summed E-state index contributed by atoms with van der Waals surface area (Å²) >= 11 is 0. The molecule has 1 amide bonds. The number of carbonyl (C=O) groups is 2. The zero-order valence-corrected chi connectivity index (χ0v) is 8.91. The van der Waals surface area contributed by atoms with Crippen LogP contribution in [-0.4, -0.2) is 33.3 Å². The van der Waals surface area contributed by atoms with E-state index in [1.165, 1.54) is 24.3 Å². The van der Waals surface area contributed by atoms with Crippen LogP contribution < -0.4 is 5.73 Å². The lowest BCUT2D eigenvalue weighted by atomic mass is 9.97. The predicted octanol–water partition coefficient (Wildman–Crippen LogP) is -0.346. The Balaban J connectivity index is 2.99. The van der Waals surface area contributed by atoms with Crippen molar-refractivity contribution in [1.29, 1.82) is 0 Å². The van der Waals surface area contributed by atoms with E-state index in [-0.39, 0.29) is 11.1 Å². The van der Waals surface area contributed by atoms with E-state index in [2.05, 4.69) is 0 Å². The summed E-state index contributed by atoms with van der Waals surface area (Å²) in [4.78, 5) is 21.5. The SMILES string of the molecule is NC(=O)CC(O)C(O)c1ccccc1C(=O)O. The molecule has 6 heteroatoms. The molecule has 1 aromatic rings. The van der Waals surface area contributed by atoms with Gasteiger partial charge in [-0.3, -0.25) is 4.79 Å². The zero-order valence-electron chi connectivity index (χ0n) is 8.91. The van der Waals surface area contributed by atoms with Gasteiger partial charge in [-0.25, -0.2) is 4.79 Å². The van der Waals surface area contributed by atoms with Gasteiger partial charge < -0.3 is 21.1 Å². The van der Waals surface area contributed by atoms with Crippen molar-refractivity contribution in [3.63, 3.8) is 0 Å². The van der Waals surface area contributed by atoms with Crippen molar-refractivity contribution < 1.29 is 24.9 Å². The van der Waals surface area contributed by atoms with E-state index in [4.69, 9.17) is 10.8 Å². The highest BCUT2D eigenvalue weighted by atomic mass is 16.4. The maximum absolute atomic E-state index is 10.9. The fourth-order valence-electron chi connectivity index (χ4n) is 1.47. The topological polar surface area (TPSA) is 121 Å². The minimum absolute atomic E-state index is 0.0498. The molecule has 0 radical (unpaired) electrons.